The molecule has 7 nitrogen and oxygen atoms in total. The Kier molecular flexibility index (Phi) is 5.34. The number of hydrogen-bond acceptors (Lipinski definition) is 4. The summed E-state index contributed by atoms with van der Waals surface area (Å²) < 4.78 is 5.27. The van der Waals surface area contributed by atoms with E-state index in [9.17, 15) is 9.59 Å². The first-order chi connectivity index (χ1) is 13.7. The summed E-state index contributed by atoms with van der Waals surface area (Å²) in [6.07, 6.45) is 2.68. The van der Waals surface area contributed by atoms with Crippen LogP contribution in [0, 0.1) is 0 Å². The number of aromatic amines is 1. The van der Waals surface area contributed by atoms with Gasteiger partial charge in [0.15, 0.2) is 0 Å². The molecule has 3 heterocycles. The minimum atomic E-state index is -0.281. The molecule has 28 heavy (non-hydrogen) atoms. The Morgan fingerprint density at radius 2 is 1.86 bits per heavy atom. The lowest BCUT2D eigenvalue weighted by molar-refractivity contribution is 0.0299. The third kappa shape index (κ3) is 3.89. The molecule has 0 spiro atoms. The molecule has 3 aromatic rings. The maximum Gasteiger partial charge on any atom is 0.272 e. The van der Waals surface area contributed by atoms with Gasteiger partial charge in [-0.15, -0.1) is 0 Å². The van der Waals surface area contributed by atoms with Gasteiger partial charge in [0.2, 0.25) is 0 Å². The van der Waals surface area contributed by atoms with Crippen LogP contribution in [0.2, 0.25) is 0 Å². The molecule has 2 amide bonds. The van der Waals surface area contributed by atoms with Gasteiger partial charge < -0.3 is 19.9 Å². The number of nitrogens with zero attached hydrogens (tertiary/aromatic N) is 2. The number of benzene rings is 1. The standard InChI is InChI=1S/C21H22N4O3/c26-20(22-9-8-15-14-23-17-5-2-1-4-16(15)17)18-6-3-7-19(24-18)21(27)25-10-12-28-13-11-25/h1-7,14,23H,8-13H2,(H,22,26). The first kappa shape index (κ1) is 18.2. The van der Waals surface area contributed by atoms with Gasteiger partial charge in [0.1, 0.15) is 11.4 Å². The second kappa shape index (κ2) is 8.22. The molecule has 0 radical (unpaired) electrons. The number of carbonyl (C=O) groups is 2. The summed E-state index contributed by atoms with van der Waals surface area (Å²) in [4.78, 5) is 34.2. The maximum absolute atomic E-state index is 12.5. The number of aromatic nitrogens is 2. The average Bonchev–Trinajstić information content (AvgIpc) is 3.17. The Balaban J connectivity index is 1.37. The quantitative estimate of drug-likeness (QED) is 0.711. The van der Waals surface area contributed by atoms with E-state index >= 15 is 0 Å². The molecular weight excluding hydrogens is 356 g/mol. The molecule has 1 saturated heterocycles. The SMILES string of the molecule is O=C(NCCc1c[nH]c2ccccc12)c1cccc(C(=O)N2CCOCC2)n1. The van der Waals surface area contributed by atoms with Crippen molar-refractivity contribution in [1.82, 2.24) is 20.2 Å². The second-order valence-corrected chi connectivity index (χ2v) is 6.68. The van der Waals surface area contributed by atoms with Crippen molar-refractivity contribution in [2.24, 2.45) is 0 Å². The monoisotopic (exact) mass is 378 g/mol. The fourth-order valence-corrected chi connectivity index (χ4v) is 3.35. The molecule has 144 valence electrons. The van der Waals surface area contributed by atoms with Crippen molar-refractivity contribution in [3.05, 3.63) is 65.6 Å². The summed E-state index contributed by atoms with van der Waals surface area (Å²) in [6.45, 7) is 2.63. The van der Waals surface area contributed by atoms with E-state index in [1.54, 1.807) is 23.1 Å². The molecule has 0 aliphatic carbocycles. The summed E-state index contributed by atoms with van der Waals surface area (Å²) in [5.74, 6) is -0.451. The van der Waals surface area contributed by atoms with Gasteiger partial charge in [-0.2, -0.15) is 0 Å². The van der Waals surface area contributed by atoms with Crippen LogP contribution in [0.25, 0.3) is 10.9 Å². The number of H-pyrrole nitrogens is 1. The summed E-state index contributed by atoms with van der Waals surface area (Å²) >= 11 is 0. The summed E-state index contributed by atoms with van der Waals surface area (Å²) in [5.41, 5.74) is 2.77. The molecule has 0 bridgehead atoms. The first-order valence-electron chi connectivity index (χ1n) is 9.39. The van der Waals surface area contributed by atoms with Crippen LogP contribution >= 0.6 is 0 Å². The van der Waals surface area contributed by atoms with Crippen molar-refractivity contribution in [2.75, 3.05) is 32.8 Å². The van der Waals surface area contributed by atoms with E-state index in [0.717, 1.165) is 16.5 Å². The Bertz CT molecular complexity index is 992. The number of rotatable bonds is 5. The zero-order valence-electron chi connectivity index (χ0n) is 15.5. The average molecular weight is 378 g/mol. The Hall–Kier alpha value is -3.19. The van der Waals surface area contributed by atoms with E-state index in [4.69, 9.17) is 4.74 Å². The number of nitrogens with one attached hydrogen (secondary N) is 2. The summed E-state index contributed by atoms with van der Waals surface area (Å²) in [5, 5.41) is 4.05. The molecule has 0 unspecified atom stereocenters. The van der Waals surface area contributed by atoms with Gasteiger partial charge >= 0.3 is 0 Å². The first-order valence-corrected chi connectivity index (χ1v) is 9.39. The number of hydrogen-bond donors (Lipinski definition) is 2. The van der Waals surface area contributed by atoms with Gasteiger partial charge in [0.05, 0.1) is 13.2 Å². The van der Waals surface area contributed by atoms with Crippen LogP contribution in [0.4, 0.5) is 0 Å². The van der Waals surface area contributed by atoms with Gasteiger partial charge in [-0.05, 0) is 30.2 Å². The zero-order valence-corrected chi connectivity index (χ0v) is 15.5. The Labute approximate surface area is 162 Å². The van der Waals surface area contributed by atoms with Crippen molar-refractivity contribution >= 4 is 22.7 Å². The molecule has 1 aliphatic rings. The van der Waals surface area contributed by atoms with Crippen molar-refractivity contribution in [2.45, 2.75) is 6.42 Å². The largest absolute Gasteiger partial charge is 0.378 e. The molecule has 1 aliphatic heterocycles. The molecule has 0 saturated carbocycles. The highest BCUT2D eigenvalue weighted by Crippen LogP contribution is 2.17. The number of morpholine rings is 1. The topological polar surface area (TPSA) is 87.3 Å². The van der Waals surface area contributed by atoms with Gasteiger partial charge in [0.25, 0.3) is 11.8 Å². The molecule has 2 N–H and O–H groups in total. The lowest BCUT2D eigenvalue weighted by Gasteiger charge is -2.26. The smallest absolute Gasteiger partial charge is 0.272 e. The van der Waals surface area contributed by atoms with Crippen LogP contribution in [0.1, 0.15) is 26.5 Å². The highest BCUT2D eigenvalue weighted by molar-refractivity contribution is 5.96. The minimum Gasteiger partial charge on any atom is -0.378 e. The highest BCUT2D eigenvalue weighted by atomic mass is 16.5. The predicted octanol–water partition coefficient (Wildman–Crippen LogP) is 2.01. The van der Waals surface area contributed by atoms with E-state index < -0.39 is 0 Å². The number of amides is 2. The second-order valence-electron chi connectivity index (χ2n) is 6.68. The fraction of sp³-hybridized carbons (Fsp3) is 0.286. The van der Waals surface area contributed by atoms with Crippen LogP contribution in [0.3, 0.4) is 0 Å². The Morgan fingerprint density at radius 3 is 2.71 bits per heavy atom. The van der Waals surface area contributed by atoms with E-state index in [1.165, 1.54) is 0 Å². The third-order valence-corrected chi connectivity index (χ3v) is 4.85. The highest BCUT2D eigenvalue weighted by Gasteiger charge is 2.20. The Morgan fingerprint density at radius 1 is 1.07 bits per heavy atom. The molecule has 1 fully saturated rings. The molecule has 0 atom stereocenters. The summed E-state index contributed by atoms with van der Waals surface area (Å²) in [6, 6.07) is 13.0. The maximum atomic E-state index is 12.5. The molecular formula is C21H22N4O3. The van der Waals surface area contributed by atoms with Crippen molar-refractivity contribution < 1.29 is 14.3 Å². The molecule has 7 heteroatoms. The van der Waals surface area contributed by atoms with E-state index in [1.807, 2.05) is 24.4 Å². The van der Waals surface area contributed by atoms with Crippen molar-refractivity contribution in [1.29, 1.82) is 0 Å². The normalized spacial score (nSPS) is 14.2. The van der Waals surface area contributed by atoms with E-state index in [0.29, 0.717) is 39.3 Å². The van der Waals surface area contributed by atoms with Gasteiger partial charge in [-0.25, -0.2) is 4.98 Å². The number of pyridine rings is 1. The summed E-state index contributed by atoms with van der Waals surface area (Å²) in [7, 11) is 0. The minimum absolute atomic E-state index is 0.170. The number of carbonyl (C=O) groups excluding carboxylic acids is 2. The number of ether oxygens (including phenoxy) is 1. The van der Waals surface area contributed by atoms with Crippen LogP contribution in [-0.4, -0.2) is 59.5 Å². The third-order valence-electron chi connectivity index (χ3n) is 4.85. The molecule has 1 aromatic carbocycles. The van der Waals surface area contributed by atoms with Crippen LogP contribution in [-0.2, 0) is 11.2 Å². The van der Waals surface area contributed by atoms with Crippen LogP contribution in [0.15, 0.2) is 48.7 Å². The van der Waals surface area contributed by atoms with Crippen molar-refractivity contribution in [3.8, 4) is 0 Å². The van der Waals surface area contributed by atoms with E-state index in [2.05, 4.69) is 21.4 Å². The van der Waals surface area contributed by atoms with Gasteiger partial charge in [0, 0.05) is 36.7 Å². The lowest BCUT2D eigenvalue weighted by atomic mass is 10.1. The van der Waals surface area contributed by atoms with Gasteiger partial charge in [-0.1, -0.05) is 24.3 Å². The number of fused-ring (bicyclic) bond motifs is 1. The van der Waals surface area contributed by atoms with Crippen LogP contribution < -0.4 is 5.32 Å². The van der Waals surface area contributed by atoms with Gasteiger partial charge in [-0.3, -0.25) is 9.59 Å². The molecule has 4 rings (SSSR count). The molecule has 2 aromatic heterocycles. The zero-order chi connectivity index (χ0) is 19.3. The van der Waals surface area contributed by atoms with Crippen molar-refractivity contribution in [3.63, 3.8) is 0 Å². The number of para-hydroxylation sites is 1. The lowest BCUT2D eigenvalue weighted by Crippen LogP contribution is -2.41. The fourth-order valence-electron chi connectivity index (χ4n) is 3.35. The predicted molar refractivity (Wildman–Crippen MR) is 105 cm³/mol. The van der Waals surface area contributed by atoms with E-state index in [-0.39, 0.29) is 23.2 Å². The van der Waals surface area contributed by atoms with Crippen LogP contribution in [0.5, 0.6) is 0 Å².